The van der Waals surface area contributed by atoms with Gasteiger partial charge in [0.1, 0.15) is 0 Å². The van der Waals surface area contributed by atoms with Gasteiger partial charge in [0.15, 0.2) is 0 Å². The van der Waals surface area contributed by atoms with Gasteiger partial charge in [0, 0.05) is 11.7 Å². The molecule has 150 valence electrons. The number of amides is 4. The van der Waals surface area contributed by atoms with Crippen molar-refractivity contribution in [1.29, 1.82) is 0 Å². The monoisotopic (exact) mass is 392 g/mol. The number of nitrogens with zero attached hydrogens (tertiary/aromatic N) is 1. The second kappa shape index (κ2) is 7.58. The van der Waals surface area contributed by atoms with Gasteiger partial charge in [0.2, 0.25) is 0 Å². The van der Waals surface area contributed by atoms with Crippen LogP contribution in [0.5, 0.6) is 0 Å². The summed E-state index contributed by atoms with van der Waals surface area (Å²) < 4.78 is 0. The molecule has 0 unspecified atom stereocenters. The SMILES string of the molecule is Cc1ccc(NC(=O)Nc2ccc3c(c2)C(=O)N(C2CCCCC2)C3=O)c(N)c1. The molecule has 1 aliphatic carbocycles. The molecule has 2 aliphatic rings. The van der Waals surface area contributed by atoms with Crippen LogP contribution in [0.3, 0.4) is 0 Å². The van der Waals surface area contributed by atoms with Gasteiger partial charge in [0.25, 0.3) is 11.8 Å². The number of hydrogen-bond acceptors (Lipinski definition) is 4. The molecule has 0 aromatic heterocycles. The average Bonchev–Trinajstić information content (AvgIpc) is 2.95. The van der Waals surface area contributed by atoms with E-state index in [-0.39, 0.29) is 17.9 Å². The third kappa shape index (κ3) is 3.68. The number of nitrogens with two attached hydrogens (primary N) is 1. The summed E-state index contributed by atoms with van der Waals surface area (Å²) in [5.41, 5.74) is 9.08. The van der Waals surface area contributed by atoms with Crippen LogP contribution in [0.2, 0.25) is 0 Å². The number of aryl methyl sites for hydroxylation is 1. The van der Waals surface area contributed by atoms with Crippen molar-refractivity contribution in [3.8, 4) is 0 Å². The van der Waals surface area contributed by atoms with Crippen molar-refractivity contribution >= 4 is 34.9 Å². The van der Waals surface area contributed by atoms with Crippen molar-refractivity contribution in [3.05, 3.63) is 53.1 Å². The van der Waals surface area contributed by atoms with E-state index < -0.39 is 6.03 Å². The Labute approximate surface area is 169 Å². The Morgan fingerprint density at radius 2 is 1.69 bits per heavy atom. The Balaban J connectivity index is 1.49. The maximum atomic E-state index is 12.9. The fourth-order valence-corrected chi connectivity index (χ4v) is 4.09. The number of benzene rings is 2. The van der Waals surface area contributed by atoms with Gasteiger partial charge in [-0.25, -0.2) is 4.79 Å². The smallest absolute Gasteiger partial charge is 0.323 e. The van der Waals surface area contributed by atoms with E-state index in [1.165, 1.54) is 4.90 Å². The van der Waals surface area contributed by atoms with Gasteiger partial charge < -0.3 is 16.4 Å². The number of nitrogen functional groups attached to an aromatic ring is 1. The van der Waals surface area contributed by atoms with Gasteiger partial charge in [0.05, 0.1) is 22.5 Å². The van der Waals surface area contributed by atoms with Gasteiger partial charge in [-0.1, -0.05) is 25.3 Å². The van der Waals surface area contributed by atoms with Crippen molar-refractivity contribution in [2.75, 3.05) is 16.4 Å². The minimum Gasteiger partial charge on any atom is -0.397 e. The lowest BCUT2D eigenvalue weighted by Crippen LogP contribution is -2.40. The summed E-state index contributed by atoms with van der Waals surface area (Å²) in [5, 5.41) is 5.40. The van der Waals surface area contributed by atoms with Crippen molar-refractivity contribution < 1.29 is 14.4 Å². The third-order valence-electron chi connectivity index (χ3n) is 5.57. The Morgan fingerprint density at radius 3 is 2.41 bits per heavy atom. The minimum atomic E-state index is -0.471. The van der Waals surface area contributed by atoms with Crippen LogP contribution in [0.15, 0.2) is 36.4 Å². The highest BCUT2D eigenvalue weighted by Gasteiger charge is 2.40. The summed E-state index contributed by atoms with van der Waals surface area (Å²) in [6.07, 6.45) is 4.93. The number of hydrogen-bond donors (Lipinski definition) is 3. The first kappa shape index (κ1) is 19.0. The number of nitrogens with one attached hydrogen (secondary N) is 2. The lowest BCUT2D eigenvalue weighted by atomic mass is 9.94. The second-order valence-electron chi connectivity index (χ2n) is 7.70. The number of rotatable bonds is 3. The highest BCUT2D eigenvalue weighted by atomic mass is 16.2. The van der Waals surface area contributed by atoms with Gasteiger partial charge >= 0.3 is 6.03 Å². The van der Waals surface area contributed by atoms with Crippen LogP contribution in [0.4, 0.5) is 21.9 Å². The molecule has 1 aliphatic heterocycles. The lowest BCUT2D eigenvalue weighted by Gasteiger charge is -2.29. The lowest BCUT2D eigenvalue weighted by molar-refractivity contribution is 0.0549. The first-order valence-corrected chi connectivity index (χ1v) is 9.90. The number of anilines is 3. The normalized spacial score (nSPS) is 16.7. The molecule has 7 heteroatoms. The van der Waals surface area contributed by atoms with Crippen LogP contribution in [0, 0.1) is 6.92 Å². The van der Waals surface area contributed by atoms with Gasteiger partial charge in [-0.15, -0.1) is 0 Å². The van der Waals surface area contributed by atoms with Gasteiger partial charge in [-0.05, 0) is 55.7 Å². The summed E-state index contributed by atoms with van der Waals surface area (Å²) in [5.74, 6) is -0.510. The molecule has 4 N–H and O–H groups in total. The van der Waals surface area contributed by atoms with Crippen LogP contribution in [-0.2, 0) is 0 Å². The summed E-state index contributed by atoms with van der Waals surface area (Å²) >= 11 is 0. The Morgan fingerprint density at radius 1 is 0.966 bits per heavy atom. The summed E-state index contributed by atoms with van der Waals surface area (Å²) in [4.78, 5) is 39.3. The molecule has 0 radical (unpaired) electrons. The molecule has 1 heterocycles. The van der Waals surface area contributed by atoms with E-state index in [0.29, 0.717) is 28.2 Å². The van der Waals surface area contributed by atoms with Crippen LogP contribution in [0.1, 0.15) is 58.4 Å². The van der Waals surface area contributed by atoms with E-state index >= 15 is 0 Å². The molecule has 2 aromatic carbocycles. The maximum Gasteiger partial charge on any atom is 0.323 e. The Kier molecular flexibility index (Phi) is 4.96. The highest BCUT2D eigenvalue weighted by molar-refractivity contribution is 6.22. The molecule has 7 nitrogen and oxygen atoms in total. The zero-order chi connectivity index (χ0) is 20.5. The van der Waals surface area contributed by atoms with E-state index in [9.17, 15) is 14.4 Å². The topological polar surface area (TPSA) is 105 Å². The number of urea groups is 1. The summed E-state index contributed by atoms with van der Waals surface area (Å²) in [7, 11) is 0. The van der Waals surface area contributed by atoms with E-state index in [1.54, 1.807) is 30.3 Å². The molecule has 29 heavy (non-hydrogen) atoms. The van der Waals surface area contributed by atoms with E-state index in [2.05, 4.69) is 10.6 Å². The van der Waals surface area contributed by atoms with Gasteiger partial charge in [-0.2, -0.15) is 0 Å². The van der Waals surface area contributed by atoms with Crippen molar-refractivity contribution in [2.45, 2.75) is 45.1 Å². The predicted molar refractivity (Wildman–Crippen MR) is 112 cm³/mol. The van der Waals surface area contributed by atoms with Crippen LogP contribution >= 0.6 is 0 Å². The first-order chi connectivity index (χ1) is 13.9. The molecule has 2 aromatic rings. The Hall–Kier alpha value is -3.35. The number of carbonyl (C=O) groups is 3. The largest absolute Gasteiger partial charge is 0.397 e. The second-order valence-corrected chi connectivity index (χ2v) is 7.70. The number of imide groups is 1. The van der Waals surface area contributed by atoms with E-state index in [1.807, 2.05) is 13.0 Å². The average molecular weight is 392 g/mol. The molecule has 0 saturated heterocycles. The molecule has 0 bridgehead atoms. The fourth-order valence-electron chi connectivity index (χ4n) is 4.09. The molecule has 1 saturated carbocycles. The highest BCUT2D eigenvalue weighted by Crippen LogP contribution is 2.32. The molecular weight excluding hydrogens is 368 g/mol. The molecule has 1 fully saturated rings. The zero-order valence-electron chi connectivity index (χ0n) is 16.3. The maximum absolute atomic E-state index is 12.9. The summed E-state index contributed by atoms with van der Waals surface area (Å²) in [6.45, 7) is 1.92. The van der Waals surface area contributed by atoms with Crippen LogP contribution in [0.25, 0.3) is 0 Å². The summed E-state index contributed by atoms with van der Waals surface area (Å²) in [6, 6.07) is 9.66. The molecule has 0 atom stereocenters. The van der Waals surface area contributed by atoms with E-state index in [0.717, 1.165) is 37.7 Å². The predicted octanol–water partition coefficient (Wildman–Crippen LogP) is 4.15. The van der Waals surface area contributed by atoms with Crippen molar-refractivity contribution in [3.63, 3.8) is 0 Å². The zero-order valence-corrected chi connectivity index (χ0v) is 16.3. The van der Waals surface area contributed by atoms with Crippen LogP contribution < -0.4 is 16.4 Å². The van der Waals surface area contributed by atoms with Crippen molar-refractivity contribution in [1.82, 2.24) is 4.90 Å². The molecule has 4 amide bonds. The van der Waals surface area contributed by atoms with Gasteiger partial charge in [-0.3, -0.25) is 14.5 Å². The van der Waals surface area contributed by atoms with Crippen molar-refractivity contribution in [2.24, 2.45) is 0 Å². The first-order valence-electron chi connectivity index (χ1n) is 9.90. The van der Waals surface area contributed by atoms with Crippen LogP contribution in [-0.4, -0.2) is 28.8 Å². The molecular formula is C22H24N4O3. The van der Waals surface area contributed by atoms with E-state index in [4.69, 9.17) is 5.73 Å². The number of carbonyl (C=O) groups excluding carboxylic acids is 3. The molecule has 0 spiro atoms. The third-order valence-corrected chi connectivity index (χ3v) is 5.57. The standard InChI is InChI=1S/C22H24N4O3/c1-13-7-10-19(18(23)11-13)25-22(29)24-14-8-9-16-17(12-14)21(28)26(20(16)27)15-5-3-2-4-6-15/h7-12,15H,2-6,23H2,1H3,(H2,24,25,29). The quantitative estimate of drug-likeness (QED) is 0.539. The minimum absolute atomic E-state index is 0.0274. The fraction of sp³-hybridized carbons (Fsp3) is 0.318. The molecule has 4 rings (SSSR count). The Bertz CT molecular complexity index is 996. The number of fused-ring (bicyclic) bond motifs is 1.